The van der Waals surface area contributed by atoms with Crippen molar-refractivity contribution in [3.8, 4) is 11.8 Å². The Labute approximate surface area is 106 Å². The third-order valence-corrected chi connectivity index (χ3v) is 3.57. The van der Waals surface area contributed by atoms with E-state index in [1.165, 1.54) is 6.07 Å². The zero-order chi connectivity index (χ0) is 11.9. The SMILES string of the molecule is CC1(Oc2cc(Cl)c(F)c(Br)c2C#N)CC1. The summed E-state index contributed by atoms with van der Waals surface area (Å²) in [6, 6.07) is 3.26. The van der Waals surface area contributed by atoms with Gasteiger partial charge in [0.2, 0.25) is 0 Å². The predicted octanol–water partition coefficient (Wildman–Crippen LogP) is 4.04. The van der Waals surface area contributed by atoms with Crippen LogP contribution in [0.5, 0.6) is 5.75 Å². The number of hydrogen-bond donors (Lipinski definition) is 0. The predicted molar refractivity (Wildman–Crippen MR) is 62.1 cm³/mol. The molecule has 1 fully saturated rings. The molecule has 0 radical (unpaired) electrons. The molecule has 1 saturated carbocycles. The van der Waals surface area contributed by atoms with Crippen LogP contribution in [0.15, 0.2) is 10.5 Å². The zero-order valence-corrected chi connectivity index (χ0v) is 10.8. The summed E-state index contributed by atoms with van der Waals surface area (Å²) in [5, 5.41) is 8.91. The molecule has 0 saturated heterocycles. The highest BCUT2D eigenvalue weighted by Gasteiger charge is 2.41. The first-order chi connectivity index (χ1) is 7.47. The van der Waals surface area contributed by atoms with E-state index in [0.29, 0.717) is 5.75 Å². The molecular formula is C11H8BrClFNO. The molecule has 1 aromatic carbocycles. The minimum absolute atomic E-state index is 0.0508. The number of hydrogen-bond acceptors (Lipinski definition) is 2. The molecule has 0 aliphatic heterocycles. The number of rotatable bonds is 2. The van der Waals surface area contributed by atoms with Crippen molar-refractivity contribution in [2.24, 2.45) is 0 Å². The van der Waals surface area contributed by atoms with E-state index in [4.69, 9.17) is 21.6 Å². The summed E-state index contributed by atoms with van der Waals surface area (Å²) in [7, 11) is 0. The van der Waals surface area contributed by atoms with E-state index in [1.807, 2.05) is 13.0 Å². The molecule has 0 amide bonds. The first-order valence-corrected chi connectivity index (χ1v) is 5.90. The summed E-state index contributed by atoms with van der Waals surface area (Å²) in [5.41, 5.74) is -0.0818. The Balaban J connectivity index is 2.48. The highest BCUT2D eigenvalue weighted by Crippen LogP contribution is 2.43. The summed E-state index contributed by atoms with van der Waals surface area (Å²) in [6.45, 7) is 1.94. The highest BCUT2D eigenvalue weighted by atomic mass is 79.9. The lowest BCUT2D eigenvalue weighted by atomic mass is 10.2. The molecule has 0 heterocycles. The summed E-state index contributed by atoms with van der Waals surface area (Å²) in [5.74, 6) is -0.299. The third-order valence-electron chi connectivity index (χ3n) is 2.55. The van der Waals surface area contributed by atoms with Crippen LogP contribution in [0.2, 0.25) is 5.02 Å². The van der Waals surface area contributed by atoms with Crippen LogP contribution in [0.1, 0.15) is 25.3 Å². The topological polar surface area (TPSA) is 33.0 Å². The third kappa shape index (κ3) is 2.02. The van der Waals surface area contributed by atoms with Crippen molar-refractivity contribution < 1.29 is 9.13 Å². The molecule has 16 heavy (non-hydrogen) atoms. The molecular weight excluding hydrogens is 296 g/mol. The van der Waals surface area contributed by atoms with Gasteiger partial charge in [0, 0.05) is 6.07 Å². The average molecular weight is 305 g/mol. The van der Waals surface area contributed by atoms with Gasteiger partial charge in [0.1, 0.15) is 23.0 Å². The molecule has 0 spiro atoms. The number of nitrogens with zero attached hydrogens (tertiary/aromatic N) is 1. The lowest BCUT2D eigenvalue weighted by Gasteiger charge is -2.15. The molecule has 0 unspecified atom stereocenters. The second-order valence-electron chi connectivity index (χ2n) is 4.02. The molecule has 84 valence electrons. The molecule has 2 nitrogen and oxygen atoms in total. The average Bonchev–Trinajstić information content (AvgIpc) is 2.93. The Morgan fingerprint density at radius 1 is 1.62 bits per heavy atom. The maximum atomic E-state index is 13.4. The van der Waals surface area contributed by atoms with Crippen LogP contribution in [0.4, 0.5) is 4.39 Å². The molecule has 0 atom stereocenters. The van der Waals surface area contributed by atoms with Crippen molar-refractivity contribution in [1.29, 1.82) is 5.26 Å². The van der Waals surface area contributed by atoms with Gasteiger partial charge in [-0.3, -0.25) is 0 Å². The van der Waals surface area contributed by atoms with Gasteiger partial charge >= 0.3 is 0 Å². The van der Waals surface area contributed by atoms with E-state index in [9.17, 15) is 4.39 Å². The molecule has 0 bridgehead atoms. The quantitative estimate of drug-likeness (QED) is 0.772. The summed E-state index contributed by atoms with van der Waals surface area (Å²) < 4.78 is 19.1. The maximum Gasteiger partial charge on any atom is 0.157 e. The van der Waals surface area contributed by atoms with Crippen molar-refractivity contribution in [2.75, 3.05) is 0 Å². The van der Waals surface area contributed by atoms with E-state index in [0.717, 1.165) is 12.8 Å². The maximum absolute atomic E-state index is 13.4. The Morgan fingerprint density at radius 2 is 2.25 bits per heavy atom. The van der Waals surface area contributed by atoms with E-state index in [2.05, 4.69) is 15.9 Å². The molecule has 0 aromatic heterocycles. The Bertz CT molecular complexity index is 494. The molecule has 1 aliphatic rings. The van der Waals surface area contributed by atoms with E-state index >= 15 is 0 Å². The molecule has 1 aliphatic carbocycles. The Kier molecular flexibility index (Phi) is 2.85. The fourth-order valence-electron chi connectivity index (χ4n) is 1.30. The Hall–Kier alpha value is -0.790. The fraction of sp³-hybridized carbons (Fsp3) is 0.364. The van der Waals surface area contributed by atoms with Crippen LogP contribution in [-0.2, 0) is 0 Å². The van der Waals surface area contributed by atoms with Crippen molar-refractivity contribution in [1.82, 2.24) is 0 Å². The van der Waals surface area contributed by atoms with Gasteiger partial charge in [-0.05, 0) is 35.7 Å². The smallest absolute Gasteiger partial charge is 0.157 e. The standard InChI is InChI=1S/C11H8BrClFNO/c1-11(2-3-11)16-8-4-7(13)10(14)9(12)6(8)5-15/h4H,2-3H2,1H3. The van der Waals surface area contributed by atoms with Crippen LogP contribution >= 0.6 is 27.5 Å². The van der Waals surface area contributed by atoms with Crippen LogP contribution in [0, 0.1) is 17.1 Å². The molecule has 0 N–H and O–H groups in total. The largest absolute Gasteiger partial charge is 0.486 e. The number of nitriles is 1. The number of benzene rings is 1. The van der Waals surface area contributed by atoms with Crippen molar-refractivity contribution in [3.63, 3.8) is 0 Å². The second-order valence-corrected chi connectivity index (χ2v) is 5.22. The van der Waals surface area contributed by atoms with Crippen LogP contribution in [-0.4, -0.2) is 5.60 Å². The van der Waals surface area contributed by atoms with Gasteiger partial charge in [-0.25, -0.2) is 4.39 Å². The van der Waals surface area contributed by atoms with E-state index in [1.54, 1.807) is 0 Å². The minimum atomic E-state index is -0.633. The lowest BCUT2D eigenvalue weighted by Crippen LogP contribution is -2.13. The van der Waals surface area contributed by atoms with Gasteiger partial charge < -0.3 is 4.74 Å². The Morgan fingerprint density at radius 3 is 2.75 bits per heavy atom. The van der Waals surface area contributed by atoms with Gasteiger partial charge in [-0.2, -0.15) is 5.26 Å². The monoisotopic (exact) mass is 303 g/mol. The highest BCUT2D eigenvalue weighted by molar-refractivity contribution is 9.10. The van der Waals surface area contributed by atoms with Crippen LogP contribution in [0.25, 0.3) is 0 Å². The van der Waals surface area contributed by atoms with Gasteiger partial charge in [-0.1, -0.05) is 11.6 Å². The second kappa shape index (κ2) is 3.90. The summed E-state index contributed by atoms with van der Waals surface area (Å²) in [6.07, 6.45) is 1.87. The van der Waals surface area contributed by atoms with Gasteiger partial charge in [0.25, 0.3) is 0 Å². The van der Waals surface area contributed by atoms with Gasteiger partial charge in [-0.15, -0.1) is 0 Å². The zero-order valence-electron chi connectivity index (χ0n) is 8.48. The number of ether oxygens (including phenoxy) is 1. The van der Waals surface area contributed by atoms with Gasteiger partial charge in [0.15, 0.2) is 5.82 Å². The first-order valence-electron chi connectivity index (χ1n) is 4.73. The normalized spacial score (nSPS) is 16.7. The number of halogens is 3. The van der Waals surface area contributed by atoms with E-state index in [-0.39, 0.29) is 20.7 Å². The minimum Gasteiger partial charge on any atom is -0.486 e. The summed E-state index contributed by atoms with van der Waals surface area (Å²) >= 11 is 8.71. The lowest BCUT2D eigenvalue weighted by molar-refractivity contribution is 0.199. The molecule has 2 rings (SSSR count). The van der Waals surface area contributed by atoms with Crippen LogP contribution in [0.3, 0.4) is 0 Å². The molecule has 5 heteroatoms. The van der Waals surface area contributed by atoms with E-state index < -0.39 is 5.82 Å². The fourth-order valence-corrected chi connectivity index (χ4v) is 2.11. The summed E-state index contributed by atoms with van der Waals surface area (Å²) in [4.78, 5) is 0. The van der Waals surface area contributed by atoms with Crippen molar-refractivity contribution in [2.45, 2.75) is 25.4 Å². The molecule has 1 aromatic rings. The van der Waals surface area contributed by atoms with Crippen molar-refractivity contribution in [3.05, 3.63) is 26.9 Å². The van der Waals surface area contributed by atoms with Gasteiger partial charge in [0.05, 0.1) is 9.50 Å². The van der Waals surface area contributed by atoms with Crippen LogP contribution < -0.4 is 4.74 Å². The van der Waals surface area contributed by atoms with Crippen molar-refractivity contribution >= 4 is 27.5 Å². The first kappa shape index (κ1) is 11.7.